The van der Waals surface area contributed by atoms with Crippen LogP contribution in [0.5, 0.6) is 5.75 Å². The molecule has 0 bridgehead atoms. The number of aromatic hydroxyl groups is 1. The van der Waals surface area contributed by atoms with Crippen molar-refractivity contribution >= 4 is 22.3 Å². The topological polar surface area (TPSA) is 111 Å². The zero-order chi connectivity index (χ0) is 15.2. The Morgan fingerprint density at radius 3 is 2.50 bits per heavy atom. The first-order valence-corrected chi connectivity index (χ1v) is 7.03. The summed E-state index contributed by atoms with van der Waals surface area (Å²) in [7, 11) is -0.932. The Hall–Kier alpha value is -1.97. The minimum absolute atomic E-state index is 0.129. The van der Waals surface area contributed by atoms with Crippen molar-refractivity contribution in [1.29, 1.82) is 0 Å². The fraction of sp³-hybridized carbons (Fsp3) is 0.273. The summed E-state index contributed by atoms with van der Waals surface area (Å²) < 4.78 is 25.7. The third-order valence-corrected chi connectivity index (χ3v) is 3.66. The quantitative estimate of drug-likeness (QED) is 0.473. The molecular weight excluding hydrogens is 284 g/mol. The SMILES string of the molecule is CN(C)S(=O)(=O)NCC(=O)NN=Cc1ccc(O)cc1. The maximum atomic E-state index is 11.3. The lowest BCUT2D eigenvalue weighted by atomic mass is 10.2. The molecular formula is C11H16N4O4S. The molecule has 0 saturated heterocycles. The van der Waals surface area contributed by atoms with Gasteiger partial charge in [0.1, 0.15) is 5.75 Å². The van der Waals surface area contributed by atoms with Gasteiger partial charge in [0.25, 0.3) is 16.1 Å². The highest BCUT2D eigenvalue weighted by Crippen LogP contribution is 2.07. The van der Waals surface area contributed by atoms with Gasteiger partial charge >= 0.3 is 0 Å². The zero-order valence-electron chi connectivity index (χ0n) is 11.1. The maximum Gasteiger partial charge on any atom is 0.279 e. The molecule has 0 aromatic heterocycles. The molecule has 0 aliphatic heterocycles. The molecule has 110 valence electrons. The molecule has 0 radical (unpaired) electrons. The number of nitrogens with zero attached hydrogens (tertiary/aromatic N) is 2. The molecule has 0 saturated carbocycles. The van der Waals surface area contributed by atoms with Gasteiger partial charge in [0, 0.05) is 14.1 Å². The van der Waals surface area contributed by atoms with Crippen LogP contribution < -0.4 is 10.1 Å². The van der Waals surface area contributed by atoms with Crippen molar-refractivity contribution < 1.29 is 18.3 Å². The largest absolute Gasteiger partial charge is 0.508 e. The molecule has 8 nitrogen and oxygen atoms in total. The molecule has 0 aliphatic rings. The van der Waals surface area contributed by atoms with E-state index in [1.165, 1.54) is 32.4 Å². The number of phenolic OH excluding ortho intramolecular Hbond substituents is 1. The number of carbonyl (C=O) groups excluding carboxylic acids is 1. The van der Waals surface area contributed by atoms with Crippen molar-refractivity contribution in [1.82, 2.24) is 14.5 Å². The summed E-state index contributed by atoms with van der Waals surface area (Å²) in [5, 5.41) is 12.7. The van der Waals surface area contributed by atoms with Crippen LogP contribution in [0.1, 0.15) is 5.56 Å². The Kier molecular flexibility index (Phi) is 5.62. The maximum absolute atomic E-state index is 11.3. The molecule has 9 heteroatoms. The number of hydrogen-bond donors (Lipinski definition) is 3. The molecule has 20 heavy (non-hydrogen) atoms. The van der Waals surface area contributed by atoms with Gasteiger partial charge in [0.05, 0.1) is 12.8 Å². The Morgan fingerprint density at radius 1 is 1.35 bits per heavy atom. The van der Waals surface area contributed by atoms with Crippen LogP contribution in [0.3, 0.4) is 0 Å². The van der Waals surface area contributed by atoms with Gasteiger partial charge in [-0.25, -0.2) is 5.43 Å². The van der Waals surface area contributed by atoms with Crippen LogP contribution in [0.2, 0.25) is 0 Å². The summed E-state index contributed by atoms with van der Waals surface area (Å²) in [5.41, 5.74) is 2.86. The number of benzene rings is 1. The zero-order valence-corrected chi connectivity index (χ0v) is 11.9. The molecule has 0 fully saturated rings. The number of nitrogens with one attached hydrogen (secondary N) is 2. The van der Waals surface area contributed by atoms with Crippen LogP contribution in [0.4, 0.5) is 0 Å². The highest BCUT2D eigenvalue weighted by molar-refractivity contribution is 7.87. The first kappa shape index (κ1) is 16.1. The summed E-state index contributed by atoms with van der Waals surface area (Å²) in [5.74, 6) is -0.463. The van der Waals surface area contributed by atoms with E-state index >= 15 is 0 Å². The van der Waals surface area contributed by atoms with E-state index in [1.54, 1.807) is 12.1 Å². The fourth-order valence-corrected chi connectivity index (χ4v) is 1.64. The molecule has 0 aliphatic carbocycles. The van der Waals surface area contributed by atoms with Crippen molar-refractivity contribution in [3.63, 3.8) is 0 Å². The van der Waals surface area contributed by atoms with Gasteiger partial charge in [0.15, 0.2) is 0 Å². The molecule has 0 heterocycles. The molecule has 1 aromatic carbocycles. The van der Waals surface area contributed by atoms with E-state index in [0.29, 0.717) is 5.56 Å². The van der Waals surface area contributed by atoms with Crippen molar-refractivity contribution in [2.24, 2.45) is 5.10 Å². The number of hydrogen-bond acceptors (Lipinski definition) is 5. The number of amides is 1. The van der Waals surface area contributed by atoms with Crippen LogP contribution >= 0.6 is 0 Å². The van der Waals surface area contributed by atoms with Gasteiger partial charge in [-0.15, -0.1) is 0 Å². The van der Waals surface area contributed by atoms with Crippen LogP contribution in [0.15, 0.2) is 29.4 Å². The first-order chi connectivity index (χ1) is 9.31. The van der Waals surface area contributed by atoms with E-state index in [9.17, 15) is 13.2 Å². The lowest BCUT2D eigenvalue weighted by Gasteiger charge is -2.11. The number of hydrazone groups is 1. The van der Waals surface area contributed by atoms with Gasteiger partial charge in [-0.05, 0) is 29.8 Å². The first-order valence-electron chi connectivity index (χ1n) is 5.59. The van der Waals surface area contributed by atoms with Crippen molar-refractivity contribution in [2.75, 3.05) is 20.6 Å². The summed E-state index contributed by atoms with van der Waals surface area (Å²) in [4.78, 5) is 11.3. The Bertz CT molecular complexity index is 581. The highest BCUT2D eigenvalue weighted by atomic mass is 32.2. The third kappa shape index (κ3) is 5.34. The average Bonchev–Trinajstić information content (AvgIpc) is 2.39. The fourth-order valence-electron chi connectivity index (χ4n) is 1.06. The van der Waals surface area contributed by atoms with E-state index < -0.39 is 22.7 Å². The lowest BCUT2D eigenvalue weighted by molar-refractivity contribution is -0.119. The summed E-state index contributed by atoms with van der Waals surface area (Å²) in [6.45, 7) is -0.409. The molecule has 3 N–H and O–H groups in total. The van der Waals surface area contributed by atoms with Crippen LogP contribution in [0, 0.1) is 0 Å². The highest BCUT2D eigenvalue weighted by Gasteiger charge is 2.13. The standard InChI is InChI=1S/C11H16N4O4S/c1-15(2)20(18,19)13-8-11(17)14-12-7-9-3-5-10(16)6-4-9/h3-7,13,16H,8H2,1-2H3,(H,14,17). The van der Waals surface area contributed by atoms with Gasteiger partial charge in [-0.1, -0.05) is 0 Å². The second-order valence-electron chi connectivity index (χ2n) is 3.99. The van der Waals surface area contributed by atoms with Crippen LogP contribution in [-0.2, 0) is 15.0 Å². The lowest BCUT2D eigenvalue weighted by Crippen LogP contribution is -2.41. The predicted molar refractivity (Wildman–Crippen MR) is 74.5 cm³/mol. The molecule has 1 aromatic rings. The Labute approximate surface area is 117 Å². The van der Waals surface area contributed by atoms with Crippen molar-refractivity contribution in [3.8, 4) is 5.75 Å². The normalized spacial score (nSPS) is 11.9. The van der Waals surface area contributed by atoms with Crippen molar-refractivity contribution in [3.05, 3.63) is 29.8 Å². The van der Waals surface area contributed by atoms with Crippen molar-refractivity contribution in [2.45, 2.75) is 0 Å². The number of rotatable bonds is 6. The molecule has 0 unspecified atom stereocenters. The molecule has 0 atom stereocenters. The van der Waals surface area contributed by atoms with Gasteiger partial charge in [0.2, 0.25) is 0 Å². The predicted octanol–water partition coefficient (Wildman–Crippen LogP) is -0.762. The Balaban J connectivity index is 2.42. The van der Waals surface area contributed by atoms with E-state index in [4.69, 9.17) is 5.11 Å². The minimum Gasteiger partial charge on any atom is -0.508 e. The molecule has 0 spiro atoms. The van der Waals surface area contributed by atoms with E-state index in [-0.39, 0.29) is 5.75 Å². The van der Waals surface area contributed by atoms with Gasteiger partial charge in [-0.3, -0.25) is 4.79 Å². The summed E-state index contributed by atoms with van der Waals surface area (Å²) in [6.07, 6.45) is 1.37. The van der Waals surface area contributed by atoms with Crippen LogP contribution in [0.25, 0.3) is 0 Å². The third-order valence-electron chi connectivity index (χ3n) is 2.19. The number of carbonyl (C=O) groups is 1. The van der Waals surface area contributed by atoms with E-state index in [2.05, 4.69) is 15.2 Å². The Morgan fingerprint density at radius 2 is 1.95 bits per heavy atom. The second-order valence-corrected chi connectivity index (χ2v) is 5.96. The van der Waals surface area contributed by atoms with E-state index in [1.807, 2.05) is 0 Å². The summed E-state index contributed by atoms with van der Waals surface area (Å²) in [6, 6.07) is 6.18. The van der Waals surface area contributed by atoms with E-state index in [0.717, 1.165) is 4.31 Å². The van der Waals surface area contributed by atoms with Gasteiger partial charge < -0.3 is 5.11 Å². The number of phenols is 1. The molecule has 1 amide bonds. The summed E-state index contributed by atoms with van der Waals surface area (Å²) >= 11 is 0. The molecule has 1 rings (SSSR count). The monoisotopic (exact) mass is 300 g/mol. The van der Waals surface area contributed by atoms with Gasteiger partial charge in [-0.2, -0.15) is 22.5 Å². The average molecular weight is 300 g/mol. The van der Waals surface area contributed by atoms with Crippen LogP contribution in [-0.4, -0.2) is 50.6 Å². The second kappa shape index (κ2) is 6.98. The minimum atomic E-state index is -3.63. The smallest absolute Gasteiger partial charge is 0.279 e.